The van der Waals surface area contributed by atoms with Gasteiger partial charge >= 0.3 is 17.9 Å². The van der Waals surface area contributed by atoms with Gasteiger partial charge in [-0.15, -0.1) is 0 Å². The molecule has 1 N–H and O–H groups in total. The highest BCUT2D eigenvalue weighted by Gasteiger charge is 2.33. The van der Waals surface area contributed by atoms with Crippen LogP contribution in [0, 0.1) is 0 Å². The molecule has 2 amide bonds. The maximum Gasteiger partial charge on any atom is 0.341 e. The van der Waals surface area contributed by atoms with Crippen molar-refractivity contribution in [2.24, 2.45) is 0 Å². The smallest absolute Gasteiger partial charge is 0.341 e. The summed E-state index contributed by atoms with van der Waals surface area (Å²) in [6, 6.07) is 11.6. The lowest BCUT2D eigenvalue weighted by Gasteiger charge is -2.33. The molecule has 1 aliphatic heterocycles. The second kappa shape index (κ2) is 10.6. The number of piperazine rings is 1. The van der Waals surface area contributed by atoms with Crippen LogP contribution < -0.4 is 14.9 Å². The third-order valence-corrected chi connectivity index (χ3v) is 4.72. The number of imide groups is 1. The molecule has 34 heavy (non-hydrogen) atoms. The predicted octanol–water partition coefficient (Wildman–Crippen LogP) is 1.52. The lowest BCUT2D eigenvalue weighted by Crippen LogP contribution is -2.55. The van der Waals surface area contributed by atoms with E-state index in [0.717, 1.165) is 26.0 Å². The Morgan fingerprint density at radius 2 is 1.47 bits per heavy atom. The average Bonchev–Trinajstić information content (AvgIpc) is 2.78. The van der Waals surface area contributed by atoms with Crippen molar-refractivity contribution in [1.82, 2.24) is 9.91 Å². The van der Waals surface area contributed by atoms with Gasteiger partial charge in [-0.1, -0.05) is 24.3 Å². The van der Waals surface area contributed by atoms with Crippen LogP contribution in [0.25, 0.3) is 0 Å². The first-order valence-electron chi connectivity index (χ1n) is 10.2. The Kier molecular flexibility index (Phi) is 7.59. The van der Waals surface area contributed by atoms with Gasteiger partial charge in [0, 0.05) is 26.0 Å². The molecule has 0 spiro atoms. The molecule has 1 aliphatic rings. The van der Waals surface area contributed by atoms with E-state index >= 15 is 0 Å². The van der Waals surface area contributed by atoms with Crippen LogP contribution >= 0.6 is 0 Å². The molecule has 11 nitrogen and oxygen atoms in total. The lowest BCUT2D eigenvalue weighted by atomic mass is 10.1. The van der Waals surface area contributed by atoms with Gasteiger partial charge in [0.25, 0.3) is 11.8 Å². The zero-order valence-corrected chi connectivity index (χ0v) is 18.8. The monoisotopic (exact) mass is 469 g/mol. The third kappa shape index (κ3) is 5.75. The number of ether oxygens (including phenoxy) is 3. The SMILES string of the molecule is COC(=O)c1ccc(CN2CC(=O)N(Nc3ccccc3)C(=O)C2)c(OC(C)=O)c1OC(C)=O. The first-order valence-corrected chi connectivity index (χ1v) is 10.2. The molecule has 0 saturated carbocycles. The van der Waals surface area contributed by atoms with Crippen LogP contribution in [0.1, 0.15) is 29.8 Å². The third-order valence-electron chi connectivity index (χ3n) is 4.72. The number of amides is 2. The maximum absolute atomic E-state index is 12.7. The van der Waals surface area contributed by atoms with Gasteiger partial charge in [0.05, 0.1) is 25.9 Å². The topological polar surface area (TPSA) is 132 Å². The first kappa shape index (κ1) is 24.4. The van der Waals surface area contributed by atoms with Gasteiger partial charge in [-0.2, -0.15) is 5.01 Å². The highest BCUT2D eigenvalue weighted by atomic mass is 16.6. The normalized spacial score (nSPS) is 13.9. The fraction of sp³-hybridized carbons (Fsp3) is 0.261. The molecule has 0 unspecified atom stereocenters. The predicted molar refractivity (Wildman–Crippen MR) is 118 cm³/mol. The zero-order chi connectivity index (χ0) is 24.8. The minimum Gasteiger partial charge on any atom is -0.465 e. The van der Waals surface area contributed by atoms with E-state index in [1.54, 1.807) is 24.3 Å². The second-order valence-corrected chi connectivity index (χ2v) is 7.36. The molecule has 2 aromatic rings. The van der Waals surface area contributed by atoms with E-state index < -0.39 is 29.7 Å². The van der Waals surface area contributed by atoms with Crippen LogP contribution in [-0.2, 0) is 30.5 Å². The van der Waals surface area contributed by atoms with Crippen LogP contribution in [-0.4, -0.2) is 59.8 Å². The summed E-state index contributed by atoms with van der Waals surface area (Å²) in [6.45, 7) is 2.03. The summed E-state index contributed by atoms with van der Waals surface area (Å²) in [5.41, 5.74) is 3.57. The van der Waals surface area contributed by atoms with Crippen LogP contribution in [0.4, 0.5) is 5.69 Å². The number of carbonyl (C=O) groups is 5. The van der Waals surface area contributed by atoms with Crippen molar-refractivity contribution in [3.63, 3.8) is 0 Å². The van der Waals surface area contributed by atoms with Crippen molar-refractivity contribution < 1.29 is 38.2 Å². The van der Waals surface area contributed by atoms with E-state index in [4.69, 9.17) is 14.2 Å². The standard InChI is InChI=1S/C23H23N3O8/c1-14(27)33-21-16(9-10-18(23(31)32-3)22(21)34-15(2)28)11-25-12-19(29)26(20(30)13-25)24-17-7-5-4-6-8-17/h4-10,24H,11-13H2,1-3H3. The van der Waals surface area contributed by atoms with Crippen molar-refractivity contribution in [3.05, 3.63) is 53.6 Å². The van der Waals surface area contributed by atoms with E-state index in [1.165, 1.54) is 17.0 Å². The average molecular weight is 469 g/mol. The number of hydrogen-bond donors (Lipinski definition) is 1. The molecule has 0 bridgehead atoms. The summed E-state index contributed by atoms with van der Waals surface area (Å²) in [7, 11) is 1.15. The molecule has 178 valence electrons. The van der Waals surface area contributed by atoms with Gasteiger partial charge in [0.2, 0.25) is 0 Å². The number of nitrogens with one attached hydrogen (secondary N) is 1. The van der Waals surface area contributed by atoms with Gasteiger partial charge in [0.15, 0.2) is 11.5 Å². The molecule has 0 aromatic heterocycles. The molecule has 1 heterocycles. The van der Waals surface area contributed by atoms with Crippen LogP contribution in [0.5, 0.6) is 11.5 Å². The summed E-state index contributed by atoms with van der Waals surface area (Å²) in [5.74, 6) is -3.70. The Morgan fingerprint density at radius 3 is 2.03 bits per heavy atom. The Morgan fingerprint density at radius 1 is 0.882 bits per heavy atom. The minimum absolute atomic E-state index is 0.00497. The van der Waals surface area contributed by atoms with E-state index in [-0.39, 0.29) is 36.7 Å². The van der Waals surface area contributed by atoms with Crippen molar-refractivity contribution >= 4 is 35.4 Å². The number of esters is 3. The van der Waals surface area contributed by atoms with Crippen molar-refractivity contribution in [2.45, 2.75) is 20.4 Å². The number of hydrogen-bond acceptors (Lipinski definition) is 10. The van der Waals surface area contributed by atoms with E-state index in [0.29, 0.717) is 11.3 Å². The van der Waals surface area contributed by atoms with Crippen molar-refractivity contribution in [2.75, 3.05) is 25.6 Å². The molecule has 1 fully saturated rings. The molecule has 0 aliphatic carbocycles. The Labute approximate surface area is 195 Å². The number of nitrogens with zero attached hydrogens (tertiary/aromatic N) is 2. The fourth-order valence-corrected chi connectivity index (χ4v) is 3.34. The fourth-order valence-electron chi connectivity index (χ4n) is 3.34. The second-order valence-electron chi connectivity index (χ2n) is 7.36. The van der Waals surface area contributed by atoms with Gasteiger partial charge in [-0.3, -0.25) is 29.5 Å². The number of carbonyl (C=O) groups excluding carboxylic acids is 5. The van der Waals surface area contributed by atoms with Gasteiger partial charge < -0.3 is 14.2 Å². The molecule has 0 atom stereocenters. The summed E-state index contributed by atoms with van der Waals surface area (Å²) < 4.78 is 15.1. The van der Waals surface area contributed by atoms with Gasteiger partial charge in [-0.25, -0.2) is 4.79 Å². The Hall–Kier alpha value is -4.25. The molecule has 2 aromatic carbocycles. The number of anilines is 1. The summed E-state index contributed by atoms with van der Waals surface area (Å²) >= 11 is 0. The minimum atomic E-state index is -0.804. The highest BCUT2D eigenvalue weighted by Crippen LogP contribution is 2.37. The molecule has 3 rings (SSSR count). The first-order chi connectivity index (χ1) is 16.2. The van der Waals surface area contributed by atoms with Gasteiger partial charge in [-0.05, 0) is 18.2 Å². The molecule has 0 radical (unpaired) electrons. The number of methoxy groups -OCH3 is 1. The van der Waals surface area contributed by atoms with E-state index in [9.17, 15) is 24.0 Å². The molecular weight excluding hydrogens is 446 g/mol. The van der Waals surface area contributed by atoms with Crippen LogP contribution in [0.3, 0.4) is 0 Å². The Balaban J connectivity index is 1.87. The number of benzene rings is 2. The molecular formula is C23H23N3O8. The molecule has 11 heteroatoms. The Bertz CT molecular complexity index is 1110. The summed E-state index contributed by atoms with van der Waals surface area (Å²) in [6.07, 6.45) is 0. The lowest BCUT2D eigenvalue weighted by molar-refractivity contribution is -0.149. The van der Waals surface area contributed by atoms with E-state index in [2.05, 4.69) is 5.43 Å². The van der Waals surface area contributed by atoms with Crippen molar-refractivity contribution in [3.8, 4) is 11.5 Å². The van der Waals surface area contributed by atoms with Crippen LogP contribution in [0.2, 0.25) is 0 Å². The quantitative estimate of drug-likeness (QED) is 0.362. The number of para-hydroxylation sites is 1. The number of rotatable bonds is 7. The summed E-state index contributed by atoms with van der Waals surface area (Å²) in [4.78, 5) is 62.4. The van der Waals surface area contributed by atoms with Crippen molar-refractivity contribution in [1.29, 1.82) is 0 Å². The summed E-state index contributed by atoms with van der Waals surface area (Å²) in [5, 5.41) is 0.948. The largest absolute Gasteiger partial charge is 0.465 e. The number of hydrazine groups is 1. The van der Waals surface area contributed by atoms with Crippen LogP contribution in [0.15, 0.2) is 42.5 Å². The highest BCUT2D eigenvalue weighted by molar-refractivity contribution is 6.00. The zero-order valence-electron chi connectivity index (χ0n) is 18.8. The maximum atomic E-state index is 12.7. The van der Waals surface area contributed by atoms with Gasteiger partial charge in [0.1, 0.15) is 5.56 Å². The molecule has 1 saturated heterocycles. The van der Waals surface area contributed by atoms with E-state index in [1.807, 2.05) is 6.07 Å².